The summed E-state index contributed by atoms with van der Waals surface area (Å²) >= 11 is 0. The normalized spacial score (nSPS) is 16.0. The fraction of sp³-hybridized carbons (Fsp3) is 0.303. The second kappa shape index (κ2) is 7.31. The molecule has 7 rings (SSSR count). The first kappa shape index (κ1) is 20.9. The van der Waals surface area contributed by atoms with Gasteiger partial charge in [-0.05, 0) is 72.1 Å². The first-order valence-electron chi connectivity index (χ1n) is 13.1. The minimum Gasteiger partial charge on any atom is -0.455 e. The molecule has 0 atom stereocenters. The number of fused-ring (bicyclic) bond motifs is 9. The molecule has 2 nitrogen and oxygen atoms in total. The zero-order chi connectivity index (χ0) is 23.9. The van der Waals surface area contributed by atoms with Gasteiger partial charge in [0.1, 0.15) is 11.2 Å². The van der Waals surface area contributed by atoms with E-state index in [4.69, 9.17) is 9.40 Å². The SMILES string of the molecule is Cc1cnc(-c2c(C)ccc3c2oc2c4c(ccc23)C2(CCCC2)c2ccccc2-4)cc1C(C)C. The van der Waals surface area contributed by atoms with Crippen LogP contribution in [0.5, 0.6) is 0 Å². The van der Waals surface area contributed by atoms with Crippen LogP contribution in [0.1, 0.15) is 73.3 Å². The first-order valence-corrected chi connectivity index (χ1v) is 13.1. The second-order valence-corrected chi connectivity index (χ2v) is 11.0. The predicted molar refractivity (Wildman–Crippen MR) is 145 cm³/mol. The number of aromatic nitrogens is 1. The van der Waals surface area contributed by atoms with Gasteiger partial charge >= 0.3 is 0 Å². The summed E-state index contributed by atoms with van der Waals surface area (Å²) in [6.45, 7) is 8.83. The van der Waals surface area contributed by atoms with Crippen LogP contribution in [0.4, 0.5) is 0 Å². The van der Waals surface area contributed by atoms with Crippen molar-refractivity contribution in [1.29, 1.82) is 0 Å². The van der Waals surface area contributed by atoms with Gasteiger partial charge in [0, 0.05) is 33.5 Å². The minimum absolute atomic E-state index is 0.155. The van der Waals surface area contributed by atoms with Gasteiger partial charge in [-0.15, -0.1) is 0 Å². The number of rotatable bonds is 2. The average Bonchev–Trinajstić information content (AvgIpc) is 3.56. The maximum atomic E-state index is 6.91. The molecular formula is C33H31NO. The summed E-state index contributed by atoms with van der Waals surface area (Å²) in [7, 11) is 0. The summed E-state index contributed by atoms with van der Waals surface area (Å²) < 4.78 is 6.91. The van der Waals surface area contributed by atoms with Crippen LogP contribution >= 0.6 is 0 Å². The quantitative estimate of drug-likeness (QED) is 0.264. The molecule has 2 aliphatic rings. The van der Waals surface area contributed by atoms with E-state index in [1.807, 2.05) is 6.20 Å². The van der Waals surface area contributed by atoms with Gasteiger partial charge in [0.25, 0.3) is 0 Å². The van der Waals surface area contributed by atoms with E-state index in [1.54, 1.807) is 0 Å². The van der Waals surface area contributed by atoms with Crippen molar-refractivity contribution in [2.75, 3.05) is 0 Å². The van der Waals surface area contributed by atoms with Crippen molar-refractivity contribution in [2.45, 2.75) is 64.7 Å². The van der Waals surface area contributed by atoms with Gasteiger partial charge in [-0.3, -0.25) is 4.98 Å². The summed E-state index contributed by atoms with van der Waals surface area (Å²) in [6, 6.07) is 20.5. The Bertz CT molecular complexity index is 1650. The molecule has 2 aliphatic carbocycles. The highest BCUT2D eigenvalue weighted by Gasteiger charge is 2.46. The number of nitrogens with zero attached hydrogens (tertiary/aromatic N) is 1. The highest BCUT2D eigenvalue weighted by molar-refractivity contribution is 6.14. The van der Waals surface area contributed by atoms with Crippen LogP contribution in [0, 0.1) is 13.8 Å². The van der Waals surface area contributed by atoms with Crippen LogP contribution in [0.3, 0.4) is 0 Å². The lowest BCUT2D eigenvalue weighted by atomic mass is 9.77. The van der Waals surface area contributed by atoms with E-state index in [0.29, 0.717) is 5.92 Å². The highest BCUT2D eigenvalue weighted by Crippen LogP contribution is 2.59. The molecule has 1 saturated carbocycles. The van der Waals surface area contributed by atoms with Gasteiger partial charge in [-0.25, -0.2) is 0 Å². The third kappa shape index (κ3) is 2.74. The van der Waals surface area contributed by atoms with E-state index < -0.39 is 0 Å². The molecule has 2 aromatic heterocycles. The Morgan fingerprint density at radius 3 is 2.29 bits per heavy atom. The number of pyridine rings is 1. The van der Waals surface area contributed by atoms with Crippen molar-refractivity contribution >= 4 is 21.9 Å². The second-order valence-electron chi connectivity index (χ2n) is 11.0. The van der Waals surface area contributed by atoms with Gasteiger partial charge < -0.3 is 4.42 Å². The van der Waals surface area contributed by atoms with Crippen molar-refractivity contribution in [2.24, 2.45) is 0 Å². The smallest absolute Gasteiger partial charge is 0.145 e. The molecule has 1 spiro atoms. The zero-order valence-corrected chi connectivity index (χ0v) is 21.0. The largest absolute Gasteiger partial charge is 0.455 e. The molecule has 0 radical (unpaired) electrons. The molecule has 2 heteroatoms. The van der Waals surface area contributed by atoms with Crippen LogP contribution in [-0.4, -0.2) is 4.98 Å². The van der Waals surface area contributed by atoms with Crippen LogP contribution < -0.4 is 0 Å². The van der Waals surface area contributed by atoms with E-state index in [9.17, 15) is 0 Å². The van der Waals surface area contributed by atoms with Gasteiger partial charge in [0.15, 0.2) is 0 Å². The van der Waals surface area contributed by atoms with E-state index in [2.05, 4.69) is 82.3 Å². The summed E-state index contributed by atoms with van der Waals surface area (Å²) in [5, 5.41) is 2.39. The molecule has 3 aromatic carbocycles. The monoisotopic (exact) mass is 457 g/mol. The number of benzene rings is 3. The lowest BCUT2D eigenvalue weighted by Gasteiger charge is -2.26. The number of aryl methyl sites for hydroxylation is 2. The molecule has 174 valence electrons. The van der Waals surface area contributed by atoms with Crippen molar-refractivity contribution in [1.82, 2.24) is 4.98 Å². The molecule has 0 saturated heterocycles. The highest BCUT2D eigenvalue weighted by atomic mass is 16.3. The third-order valence-electron chi connectivity index (χ3n) is 8.73. The Kier molecular flexibility index (Phi) is 4.37. The first-order chi connectivity index (χ1) is 17.0. The van der Waals surface area contributed by atoms with E-state index >= 15 is 0 Å². The Morgan fingerprint density at radius 2 is 1.51 bits per heavy atom. The zero-order valence-electron chi connectivity index (χ0n) is 21.0. The minimum atomic E-state index is 0.155. The Labute approximate surface area is 207 Å². The molecule has 0 amide bonds. The van der Waals surface area contributed by atoms with Crippen LogP contribution in [-0.2, 0) is 5.41 Å². The number of hydrogen-bond acceptors (Lipinski definition) is 2. The van der Waals surface area contributed by atoms with Gasteiger partial charge in [0.05, 0.1) is 5.69 Å². The fourth-order valence-electron chi connectivity index (χ4n) is 7.07. The summed E-state index contributed by atoms with van der Waals surface area (Å²) in [6.07, 6.45) is 7.08. The summed E-state index contributed by atoms with van der Waals surface area (Å²) in [4.78, 5) is 4.88. The predicted octanol–water partition coefficient (Wildman–Crippen LogP) is 9.23. The maximum absolute atomic E-state index is 6.91. The lowest BCUT2D eigenvalue weighted by molar-refractivity contribution is 0.549. The summed E-state index contributed by atoms with van der Waals surface area (Å²) in [5.41, 5.74) is 13.7. The third-order valence-corrected chi connectivity index (χ3v) is 8.73. The van der Waals surface area contributed by atoms with E-state index in [-0.39, 0.29) is 5.41 Å². The van der Waals surface area contributed by atoms with Crippen LogP contribution in [0.25, 0.3) is 44.3 Å². The molecule has 0 N–H and O–H groups in total. The molecule has 0 unspecified atom stereocenters. The average molecular weight is 458 g/mol. The fourth-order valence-corrected chi connectivity index (χ4v) is 7.07. The van der Waals surface area contributed by atoms with Crippen molar-refractivity contribution in [3.05, 3.63) is 88.6 Å². The Hall–Kier alpha value is -3.39. The standard InChI is InChI=1S/C33H31NO/c1-19(2)25-17-28(34-18-21(25)4)29-20(3)11-12-22-23-13-14-27-30(32(23)35-31(22)29)24-9-5-6-10-26(24)33(27)15-7-8-16-33/h5-6,9-14,17-19H,7-8,15-16H2,1-4H3. The number of furan rings is 1. The molecule has 35 heavy (non-hydrogen) atoms. The van der Waals surface area contributed by atoms with Crippen LogP contribution in [0.15, 0.2) is 65.2 Å². The molecular weight excluding hydrogens is 426 g/mol. The molecule has 1 fully saturated rings. The van der Waals surface area contributed by atoms with E-state index in [0.717, 1.165) is 22.4 Å². The van der Waals surface area contributed by atoms with Crippen molar-refractivity contribution in [3.63, 3.8) is 0 Å². The van der Waals surface area contributed by atoms with E-state index in [1.165, 1.54) is 75.4 Å². The van der Waals surface area contributed by atoms with Gasteiger partial charge in [-0.2, -0.15) is 0 Å². The van der Waals surface area contributed by atoms with Gasteiger partial charge in [-0.1, -0.05) is 75.2 Å². The molecule has 0 aliphatic heterocycles. The topological polar surface area (TPSA) is 26.0 Å². The molecule has 0 bridgehead atoms. The Morgan fingerprint density at radius 1 is 0.800 bits per heavy atom. The van der Waals surface area contributed by atoms with Gasteiger partial charge in [0.2, 0.25) is 0 Å². The van der Waals surface area contributed by atoms with Crippen molar-refractivity contribution in [3.8, 4) is 22.4 Å². The molecule has 5 aromatic rings. The van der Waals surface area contributed by atoms with Crippen LogP contribution in [0.2, 0.25) is 0 Å². The number of hydrogen-bond donors (Lipinski definition) is 0. The molecule has 2 heterocycles. The Balaban J connectivity index is 1.55. The maximum Gasteiger partial charge on any atom is 0.145 e. The summed E-state index contributed by atoms with van der Waals surface area (Å²) in [5.74, 6) is 0.453. The lowest BCUT2D eigenvalue weighted by Crippen LogP contribution is -2.20. The van der Waals surface area contributed by atoms with Crippen molar-refractivity contribution < 1.29 is 4.42 Å².